The molecule has 1 aliphatic rings. The number of rotatable bonds is 3. The average Bonchev–Trinajstić information content (AvgIpc) is 2.94. The fourth-order valence-electron chi connectivity index (χ4n) is 2.52. The molecule has 0 atom stereocenters. The summed E-state index contributed by atoms with van der Waals surface area (Å²) >= 11 is 0. The van der Waals surface area contributed by atoms with Gasteiger partial charge in [0.05, 0.1) is 17.4 Å². The molecule has 1 aromatic heterocycles. The van der Waals surface area contributed by atoms with Crippen molar-refractivity contribution in [1.82, 2.24) is 9.55 Å². The Bertz CT molecular complexity index is 1030. The number of ether oxygens (including phenoxy) is 2. The van der Waals surface area contributed by atoms with Gasteiger partial charge in [-0.25, -0.2) is 4.98 Å². The predicted octanol–water partition coefficient (Wildman–Crippen LogP) is 2.11. The van der Waals surface area contributed by atoms with E-state index in [0.29, 0.717) is 30.2 Å². The summed E-state index contributed by atoms with van der Waals surface area (Å²) in [6.45, 7) is 0.827. The molecule has 8 heteroatoms. The van der Waals surface area contributed by atoms with Gasteiger partial charge >= 0.3 is 10.1 Å². The Balaban J connectivity index is 1.66. The van der Waals surface area contributed by atoms with Gasteiger partial charge in [-0.05, 0) is 24.3 Å². The third-order valence-corrected chi connectivity index (χ3v) is 4.95. The van der Waals surface area contributed by atoms with Crippen LogP contribution in [0.3, 0.4) is 0 Å². The molecule has 2 aromatic carbocycles. The second kappa shape index (κ2) is 5.41. The molecule has 1 aliphatic heterocycles. The highest BCUT2D eigenvalue weighted by Gasteiger charge is 2.21. The highest BCUT2D eigenvalue weighted by molar-refractivity contribution is 7.87. The Labute approximate surface area is 138 Å². The highest BCUT2D eigenvalue weighted by atomic mass is 32.2. The van der Waals surface area contributed by atoms with Gasteiger partial charge < -0.3 is 18.2 Å². The molecule has 24 heavy (non-hydrogen) atoms. The summed E-state index contributed by atoms with van der Waals surface area (Å²) in [5.41, 5.74) is 1.55. The van der Waals surface area contributed by atoms with E-state index in [1.165, 1.54) is 12.1 Å². The van der Waals surface area contributed by atoms with E-state index in [1.807, 2.05) is 11.6 Å². The van der Waals surface area contributed by atoms with E-state index in [4.69, 9.17) is 13.7 Å². The Morgan fingerprint density at radius 2 is 1.88 bits per heavy atom. The molecule has 0 bridgehead atoms. The molecule has 0 radical (unpaired) electrons. The number of imidazole rings is 1. The molecule has 0 fully saturated rings. The van der Waals surface area contributed by atoms with Gasteiger partial charge in [0.2, 0.25) is 0 Å². The lowest BCUT2D eigenvalue weighted by Crippen LogP contribution is -2.16. The van der Waals surface area contributed by atoms with Crippen LogP contribution in [0.1, 0.15) is 0 Å². The first kappa shape index (κ1) is 14.8. The fraction of sp³-hybridized carbons (Fsp3) is 0.188. The van der Waals surface area contributed by atoms with Crippen LogP contribution in [-0.4, -0.2) is 31.2 Å². The molecule has 0 saturated heterocycles. The Hall–Kier alpha value is -2.74. The molecule has 124 valence electrons. The van der Waals surface area contributed by atoms with E-state index in [2.05, 4.69) is 4.98 Å². The van der Waals surface area contributed by atoms with Gasteiger partial charge in [-0.1, -0.05) is 0 Å². The summed E-state index contributed by atoms with van der Waals surface area (Å²) in [4.78, 5) is 4.20. The van der Waals surface area contributed by atoms with Gasteiger partial charge in [-0.15, -0.1) is 0 Å². The lowest BCUT2D eigenvalue weighted by atomic mass is 10.3. The van der Waals surface area contributed by atoms with Gasteiger partial charge in [-0.2, -0.15) is 8.42 Å². The van der Waals surface area contributed by atoms with Crippen LogP contribution in [0.4, 0.5) is 0 Å². The number of nitrogens with zero attached hydrogens (tertiary/aromatic N) is 2. The van der Waals surface area contributed by atoms with Crippen LogP contribution in [0.2, 0.25) is 0 Å². The van der Waals surface area contributed by atoms with Crippen molar-refractivity contribution in [3.8, 4) is 17.2 Å². The summed E-state index contributed by atoms with van der Waals surface area (Å²) in [6.07, 6.45) is 1.66. The predicted molar refractivity (Wildman–Crippen MR) is 86.0 cm³/mol. The van der Waals surface area contributed by atoms with Crippen molar-refractivity contribution in [3.63, 3.8) is 0 Å². The molecule has 2 heterocycles. The van der Waals surface area contributed by atoms with Gasteiger partial charge in [0.25, 0.3) is 0 Å². The van der Waals surface area contributed by atoms with E-state index in [-0.39, 0.29) is 10.6 Å². The maximum atomic E-state index is 12.5. The van der Waals surface area contributed by atoms with Crippen LogP contribution in [0.5, 0.6) is 17.2 Å². The summed E-state index contributed by atoms with van der Waals surface area (Å²) in [5, 5.41) is 0. The first-order valence-electron chi connectivity index (χ1n) is 7.28. The zero-order valence-corrected chi connectivity index (χ0v) is 13.6. The van der Waals surface area contributed by atoms with E-state index >= 15 is 0 Å². The third kappa shape index (κ3) is 2.54. The molecule has 0 amide bonds. The maximum absolute atomic E-state index is 12.5. The summed E-state index contributed by atoms with van der Waals surface area (Å²) in [5.74, 6) is 1.12. The highest BCUT2D eigenvalue weighted by Crippen LogP contribution is 2.33. The largest absolute Gasteiger partial charge is 0.486 e. The maximum Gasteiger partial charge on any atom is 0.339 e. The molecule has 0 saturated carbocycles. The first-order valence-corrected chi connectivity index (χ1v) is 8.69. The van der Waals surface area contributed by atoms with E-state index < -0.39 is 10.1 Å². The molecule has 0 unspecified atom stereocenters. The average molecular weight is 346 g/mol. The molecule has 7 nitrogen and oxygen atoms in total. The summed E-state index contributed by atoms with van der Waals surface area (Å²) in [7, 11) is -2.12. The van der Waals surface area contributed by atoms with Crippen molar-refractivity contribution < 1.29 is 22.1 Å². The van der Waals surface area contributed by atoms with Gasteiger partial charge in [0.1, 0.15) is 23.9 Å². The van der Waals surface area contributed by atoms with Crippen LogP contribution in [0.25, 0.3) is 11.0 Å². The number of benzene rings is 2. The zero-order valence-electron chi connectivity index (χ0n) is 12.8. The summed E-state index contributed by atoms with van der Waals surface area (Å²) < 4.78 is 42.8. The Morgan fingerprint density at radius 1 is 1.08 bits per heavy atom. The Morgan fingerprint density at radius 3 is 2.71 bits per heavy atom. The van der Waals surface area contributed by atoms with Crippen LogP contribution >= 0.6 is 0 Å². The minimum atomic E-state index is -3.98. The van der Waals surface area contributed by atoms with E-state index in [9.17, 15) is 8.42 Å². The third-order valence-electron chi connectivity index (χ3n) is 3.71. The number of aromatic nitrogens is 2. The standard InChI is InChI=1S/C16H14N2O5S/c1-18-10-17-13-8-11(2-4-14(13)18)23-24(19,20)12-3-5-15-16(9-12)22-7-6-21-15/h2-5,8-10H,6-7H2,1H3. The second-order valence-electron chi connectivity index (χ2n) is 5.35. The molecule has 0 aliphatic carbocycles. The van der Waals surface area contributed by atoms with Crippen molar-refractivity contribution in [2.75, 3.05) is 13.2 Å². The van der Waals surface area contributed by atoms with Gasteiger partial charge in [0, 0.05) is 19.2 Å². The smallest absolute Gasteiger partial charge is 0.339 e. The molecular weight excluding hydrogens is 332 g/mol. The zero-order chi connectivity index (χ0) is 16.7. The van der Waals surface area contributed by atoms with Crippen molar-refractivity contribution >= 4 is 21.2 Å². The summed E-state index contributed by atoms with van der Waals surface area (Å²) in [6, 6.07) is 9.35. The topological polar surface area (TPSA) is 79.7 Å². The fourth-order valence-corrected chi connectivity index (χ4v) is 3.46. The van der Waals surface area contributed by atoms with Crippen molar-refractivity contribution in [2.24, 2.45) is 7.05 Å². The molecule has 0 spiro atoms. The molecule has 0 N–H and O–H groups in total. The number of hydrogen-bond donors (Lipinski definition) is 0. The van der Waals surface area contributed by atoms with Crippen LogP contribution in [0.15, 0.2) is 47.6 Å². The van der Waals surface area contributed by atoms with E-state index in [1.54, 1.807) is 30.6 Å². The normalized spacial score (nSPS) is 13.9. The van der Waals surface area contributed by atoms with Crippen LogP contribution in [0, 0.1) is 0 Å². The Kier molecular flexibility index (Phi) is 3.34. The van der Waals surface area contributed by atoms with Crippen LogP contribution in [-0.2, 0) is 17.2 Å². The SMILES string of the molecule is Cn1cnc2cc(OS(=O)(=O)c3ccc4c(c3)OCCO4)ccc21. The van der Waals surface area contributed by atoms with Crippen molar-refractivity contribution in [2.45, 2.75) is 4.90 Å². The number of fused-ring (bicyclic) bond motifs is 2. The van der Waals surface area contributed by atoms with Crippen LogP contribution < -0.4 is 13.7 Å². The minimum Gasteiger partial charge on any atom is -0.486 e. The minimum absolute atomic E-state index is 0.00729. The first-order chi connectivity index (χ1) is 11.5. The molecule has 4 rings (SSSR count). The quantitative estimate of drug-likeness (QED) is 0.676. The number of aryl methyl sites for hydroxylation is 1. The van der Waals surface area contributed by atoms with Crippen molar-refractivity contribution in [3.05, 3.63) is 42.7 Å². The lowest BCUT2D eigenvalue weighted by molar-refractivity contribution is 0.171. The number of hydrogen-bond acceptors (Lipinski definition) is 6. The monoisotopic (exact) mass is 346 g/mol. The van der Waals surface area contributed by atoms with E-state index in [0.717, 1.165) is 5.52 Å². The van der Waals surface area contributed by atoms with Gasteiger partial charge in [0.15, 0.2) is 11.5 Å². The molecule has 3 aromatic rings. The molecular formula is C16H14N2O5S. The second-order valence-corrected chi connectivity index (χ2v) is 6.90. The van der Waals surface area contributed by atoms with Gasteiger partial charge in [-0.3, -0.25) is 0 Å². The lowest BCUT2D eigenvalue weighted by Gasteiger charge is -2.18. The van der Waals surface area contributed by atoms with Crippen molar-refractivity contribution in [1.29, 1.82) is 0 Å².